The molecule has 0 aliphatic carbocycles. The Morgan fingerprint density at radius 3 is 2.42 bits per heavy atom. The molecule has 10 heteroatoms. The van der Waals surface area contributed by atoms with Crippen molar-refractivity contribution < 1.29 is 15.0 Å². The molecule has 0 fully saturated rings. The lowest BCUT2D eigenvalue weighted by Crippen LogP contribution is -2.42. The summed E-state index contributed by atoms with van der Waals surface area (Å²) in [7, 11) is 0. The number of phenols is 2. The van der Waals surface area contributed by atoms with Gasteiger partial charge in [-0.1, -0.05) is 36.4 Å². The van der Waals surface area contributed by atoms with E-state index >= 15 is 0 Å². The number of nitrogens with two attached hydrogens (primary N) is 3. The first-order valence-electron chi connectivity index (χ1n) is 10.0. The highest BCUT2D eigenvalue weighted by atomic mass is 16.3. The number of anilines is 2. The maximum atomic E-state index is 12.9. The van der Waals surface area contributed by atoms with Crippen LogP contribution in [0.2, 0.25) is 0 Å². The molecule has 0 aromatic heterocycles. The number of nitrogens with one attached hydrogen (secondary N) is 1. The van der Waals surface area contributed by atoms with Crippen LogP contribution in [0.5, 0.6) is 11.5 Å². The van der Waals surface area contributed by atoms with Gasteiger partial charge >= 0.3 is 0 Å². The SMILES string of the molecule is NC(=NCc1ccc(O)cc1N)C(N=Nc1ccc(O)c(N)c1)C(=O)NCc1ccccc1. The Hall–Kier alpha value is -4.60. The van der Waals surface area contributed by atoms with Gasteiger partial charge in [0.05, 0.1) is 17.9 Å². The van der Waals surface area contributed by atoms with Gasteiger partial charge in [-0.3, -0.25) is 9.79 Å². The number of aliphatic imine (C=N–C) groups is 1. The minimum absolute atomic E-state index is 0.0355. The summed E-state index contributed by atoms with van der Waals surface area (Å²) >= 11 is 0. The van der Waals surface area contributed by atoms with E-state index in [4.69, 9.17) is 17.2 Å². The molecular formula is C23H25N7O3. The summed E-state index contributed by atoms with van der Waals surface area (Å²) < 4.78 is 0. The van der Waals surface area contributed by atoms with Crippen molar-refractivity contribution in [2.45, 2.75) is 19.1 Å². The van der Waals surface area contributed by atoms with E-state index in [1.807, 2.05) is 30.3 Å². The molecule has 0 heterocycles. The number of amides is 1. The highest BCUT2D eigenvalue weighted by Gasteiger charge is 2.22. The van der Waals surface area contributed by atoms with Crippen LogP contribution in [-0.2, 0) is 17.9 Å². The highest BCUT2D eigenvalue weighted by molar-refractivity contribution is 6.06. The van der Waals surface area contributed by atoms with Crippen molar-refractivity contribution >= 4 is 28.8 Å². The van der Waals surface area contributed by atoms with Crippen LogP contribution >= 0.6 is 0 Å². The first-order valence-corrected chi connectivity index (χ1v) is 10.0. The van der Waals surface area contributed by atoms with Gasteiger partial charge in [0.15, 0.2) is 0 Å². The van der Waals surface area contributed by atoms with E-state index < -0.39 is 11.9 Å². The lowest BCUT2D eigenvalue weighted by Gasteiger charge is -2.13. The number of azo groups is 1. The van der Waals surface area contributed by atoms with Gasteiger partial charge in [-0.05, 0) is 35.4 Å². The second-order valence-corrected chi connectivity index (χ2v) is 7.19. The third kappa shape index (κ3) is 6.44. The Bertz CT molecular complexity index is 1180. The van der Waals surface area contributed by atoms with Gasteiger partial charge in [-0.2, -0.15) is 10.2 Å². The number of phenolic OH excluding ortho intramolecular Hbond substituents is 2. The topological polar surface area (TPSA) is 185 Å². The fourth-order valence-corrected chi connectivity index (χ4v) is 2.85. The molecule has 0 saturated heterocycles. The van der Waals surface area contributed by atoms with Crippen molar-refractivity contribution in [3.8, 4) is 11.5 Å². The minimum Gasteiger partial charge on any atom is -0.508 e. The first-order chi connectivity index (χ1) is 15.8. The molecule has 0 radical (unpaired) electrons. The average molecular weight is 447 g/mol. The predicted octanol–water partition coefficient (Wildman–Crippen LogP) is 2.59. The third-order valence-electron chi connectivity index (χ3n) is 4.70. The maximum absolute atomic E-state index is 12.9. The van der Waals surface area contributed by atoms with Crippen molar-refractivity contribution in [1.82, 2.24) is 5.32 Å². The van der Waals surface area contributed by atoms with Gasteiger partial charge in [0.2, 0.25) is 6.04 Å². The summed E-state index contributed by atoms with van der Waals surface area (Å²) in [5.41, 5.74) is 20.0. The lowest BCUT2D eigenvalue weighted by molar-refractivity contribution is -0.121. The number of hydrogen-bond donors (Lipinski definition) is 6. The van der Waals surface area contributed by atoms with Crippen LogP contribution < -0.4 is 22.5 Å². The van der Waals surface area contributed by atoms with Crippen LogP contribution in [0.4, 0.5) is 17.1 Å². The van der Waals surface area contributed by atoms with Crippen LogP contribution in [0.25, 0.3) is 0 Å². The summed E-state index contributed by atoms with van der Waals surface area (Å²) in [4.78, 5) is 17.1. The number of amidine groups is 1. The number of nitrogen functional groups attached to an aromatic ring is 2. The Kier molecular flexibility index (Phi) is 7.43. The molecule has 0 aliphatic rings. The Morgan fingerprint density at radius 1 is 0.970 bits per heavy atom. The summed E-state index contributed by atoms with van der Waals surface area (Å²) in [6.07, 6.45) is 0. The smallest absolute Gasteiger partial charge is 0.254 e. The molecular weight excluding hydrogens is 422 g/mol. The van der Waals surface area contributed by atoms with Crippen LogP contribution in [0.15, 0.2) is 82.0 Å². The summed E-state index contributed by atoms with van der Waals surface area (Å²) in [6.45, 7) is 0.359. The molecule has 0 bridgehead atoms. The molecule has 9 N–H and O–H groups in total. The van der Waals surface area contributed by atoms with Crippen molar-refractivity contribution in [3.05, 3.63) is 77.9 Å². The van der Waals surface area contributed by atoms with Crippen molar-refractivity contribution in [2.75, 3.05) is 11.5 Å². The quantitative estimate of drug-likeness (QED) is 0.101. The average Bonchev–Trinajstić information content (AvgIpc) is 2.80. The summed E-state index contributed by atoms with van der Waals surface area (Å²) in [6, 6.07) is 17.0. The summed E-state index contributed by atoms with van der Waals surface area (Å²) in [5.74, 6) is -0.607. The number of carbonyl (C=O) groups excluding carboxylic acids is 1. The zero-order valence-electron chi connectivity index (χ0n) is 17.7. The zero-order valence-corrected chi connectivity index (χ0v) is 17.7. The van der Waals surface area contributed by atoms with E-state index in [0.717, 1.165) is 5.56 Å². The molecule has 0 spiro atoms. The number of rotatable bonds is 8. The predicted molar refractivity (Wildman–Crippen MR) is 127 cm³/mol. The second kappa shape index (κ2) is 10.6. The van der Waals surface area contributed by atoms with Crippen molar-refractivity contribution in [3.63, 3.8) is 0 Å². The van der Waals surface area contributed by atoms with E-state index in [1.54, 1.807) is 6.07 Å². The zero-order chi connectivity index (χ0) is 23.8. The molecule has 1 amide bonds. The van der Waals surface area contributed by atoms with E-state index in [1.165, 1.54) is 30.3 Å². The molecule has 170 valence electrons. The normalized spacial score (nSPS) is 12.5. The molecule has 0 saturated carbocycles. The van der Waals surface area contributed by atoms with Gasteiger partial charge in [-0.15, -0.1) is 0 Å². The van der Waals surface area contributed by atoms with Gasteiger partial charge in [-0.25, -0.2) is 0 Å². The third-order valence-corrected chi connectivity index (χ3v) is 4.70. The standard InChI is InChI=1S/C23H25N7O3/c24-18-11-17(31)8-6-15(18)13-27-22(26)21(23(33)28-12-14-4-2-1-3-5-14)30-29-16-7-9-20(32)19(25)10-16/h1-11,21,31-32H,12-13,24-25H2,(H2,26,27)(H,28,33). The van der Waals surface area contributed by atoms with Gasteiger partial charge in [0.1, 0.15) is 17.3 Å². The molecule has 1 atom stereocenters. The Morgan fingerprint density at radius 2 is 1.73 bits per heavy atom. The van der Waals surface area contributed by atoms with Crippen LogP contribution in [-0.4, -0.2) is 28.0 Å². The van der Waals surface area contributed by atoms with E-state index in [9.17, 15) is 15.0 Å². The number of hydrogen-bond acceptors (Lipinski definition) is 8. The Balaban J connectivity index is 1.81. The van der Waals surface area contributed by atoms with Crippen molar-refractivity contribution in [2.24, 2.45) is 21.0 Å². The first kappa shape index (κ1) is 23.1. The van der Waals surface area contributed by atoms with Crippen LogP contribution in [0, 0.1) is 0 Å². The fourth-order valence-electron chi connectivity index (χ4n) is 2.85. The summed E-state index contributed by atoms with van der Waals surface area (Å²) in [5, 5.41) is 30.0. The van der Waals surface area contributed by atoms with Crippen molar-refractivity contribution in [1.29, 1.82) is 0 Å². The van der Waals surface area contributed by atoms with E-state index in [2.05, 4.69) is 20.5 Å². The molecule has 10 nitrogen and oxygen atoms in total. The van der Waals surface area contributed by atoms with Gasteiger partial charge in [0, 0.05) is 18.3 Å². The minimum atomic E-state index is -1.21. The molecule has 0 aliphatic heterocycles. The number of carbonyl (C=O) groups is 1. The van der Waals surface area contributed by atoms with Crippen LogP contribution in [0.1, 0.15) is 11.1 Å². The van der Waals surface area contributed by atoms with Gasteiger partial charge in [0.25, 0.3) is 5.91 Å². The van der Waals surface area contributed by atoms with E-state index in [-0.39, 0.29) is 36.1 Å². The molecule has 33 heavy (non-hydrogen) atoms. The highest BCUT2D eigenvalue weighted by Crippen LogP contribution is 2.25. The molecule has 3 rings (SSSR count). The number of nitrogens with zero attached hydrogens (tertiary/aromatic N) is 3. The van der Waals surface area contributed by atoms with Crippen LogP contribution in [0.3, 0.4) is 0 Å². The lowest BCUT2D eigenvalue weighted by atomic mass is 10.1. The molecule has 3 aromatic rings. The largest absolute Gasteiger partial charge is 0.508 e. The fraction of sp³-hybridized carbons (Fsp3) is 0.130. The number of aromatic hydroxyl groups is 2. The molecule has 3 aromatic carbocycles. The Labute approximate surface area is 190 Å². The number of benzene rings is 3. The van der Waals surface area contributed by atoms with Gasteiger partial charge < -0.3 is 32.7 Å². The maximum Gasteiger partial charge on any atom is 0.254 e. The second-order valence-electron chi connectivity index (χ2n) is 7.19. The molecule has 1 unspecified atom stereocenters. The monoisotopic (exact) mass is 447 g/mol. The van der Waals surface area contributed by atoms with E-state index in [0.29, 0.717) is 16.9 Å².